The third-order valence-electron chi connectivity index (χ3n) is 3.10. The van der Waals surface area contributed by atoms with Crippen LogP contribution in [0.15, 0.2) is 36.2 Å². The number of hydrogen-bond donors (Lipinski definition) is 2. The standard InChI is InChI=1S/C11H9N7O/c19-10-7-3-1-2-4-8(7)12-9-5-6-17(18(9)10)11-13-15-16-14-11/h1-5,12H,6H2,(H,13,14,15,16). The molecule has 1 aromatic heterocycles. The second-order valence-corrected chi connectivity index (χ2v) is 4.17. The predicted octanol–water partition coefficient (Wildman–Crippen LogP) is 0.344. The number of H-pyrrole nitrogens is 1. The molecule has 0 aliphatic carbocycles. The fourth-order valence-electron chi connectivity index (χ4n) is 2.26. The molecule has 0 radical (unpaired) electrons. The highest BCUT2D eigenvalue weighted by Gasteiger charge is 2.37. The van der Waals surface area contributed by atoms with Crippen molar-refractivity contribution < 1.29 is 4.79 Å². The Morgan fingerprint density at radius 3 is 3.00 bits per heavy atom. The van der Waals surface area contributed by atoms with Crippen LogP contribution < -0.4 is 10.3 Å². The number of nitrogens with one attached hydrogen (secondary N) is 2. The van der Waals surface area contributed by atoms with E-state index in [1.54, 1.807) is 11.1 Å². The molecule has 0 bridgehead atoms. The van der Waals surface area contributed by atoms with Crippen molar-refractivity contribution in [3.63, 3.8) is 0 Å². The summed E-state index contributed by atoms with van der Waals surface area (Å²) in [4.78, 5) is 12.5. The first-order valence-corrected chi connectivity index (χ1v) is 5.76. The van der Waals surface area contributed by atoms with Crippen LogP contribution in [0.5, 0.6) is 0 Å². The number of benzene rings is 1. The van der Waals surface area contributed by atoms with Gasteiger partial charge in [0.1, 0.15) is 5.82 Å². The van der Waals surface area contributed by atoms with Crippen LogP contribution in [0, 0.1) is 0 Å². The molecule has 1 aromatic carbocycles. The molecule has 19 heavy (non-hydrogen) atoms. The van der Waals surface area contributed by atoms with E-state index in [2.05, 4.69) is 25.9 Å². The van der Waals surface area contributed by atoms with Crippen molar-refractivity contribution in [1.29, 1.82) is 0 Å². The number of hydrogen-bond acceptors (Lipinski definition) is 6. The number of amides is 1. The van der Waals surface area contributed by atoms with Gasteiger partial charge in [-0.2, -0.15) is 10.2 Å². The minimum Gasteiger partial charge on any atom is -0.340 e. The topological polar surface area (TPSA) is 90.0 Å². The molecule has 8 heteroatoms. The lowest BCUT2D eigenvalue weighted by molar-refractivity contribution is 0.0798. The van der Waals surface area contributed by atoms with E-state index in [0.717, 1.165) is 5.69 Å². The van der Waals surface area contributed by atoms with Crippen LogP contribution in [0.3, 0.4) is 0 Å². The summed E-state index contributed by atoms with van der Waals surface area (Å²) in [6, 6.07) is 7.39. The second kappa shape index (κ2) is 3.55. The first kappa shape index (κ1) is 10.1. The molecule has 0 spiro atoms. The molecule has 3 heterocycles. The fraction of sp³-hybridized carbons (Fsp3) is 0.0909. The Morgan fingerprint density at radius 1 is 1.26 bits per heavy atom. The summed E-state index contributed by atoms with van der Waals surface area (Å²) in [5.74, 6) is 0.970. The van der Waals surface area contributed by atoms with Crippen LogP contribution in [0.4, 0.5) is 11.6 Å². The third kappa shape index (κ3) is 1.33. The number of rotatable bonds is 1. The van der Waals surface area contributed by atoms with E-state index in [0.29, 0.717) is 23.9 Å². The summed E-state index contributed by atoms with van der Waals surface area (Å²) in [5.41, 5.74) is 1.43. The van der Waals surface area contributed by atoms with Crippen LogP contribution in [-0.2, 0) is 0 Å². The number of carbonyl (C=O) groups is 1. The third-order valence-corrected chi connectivity index (χ3v) is 3.10. The van der Waals surface area contributed by atoms with Crippen molar-refractivity contribution in [2.75, 3.05) is 16.9 Å². The van der Waals surface area contributed by atoms with Crippen molar-refractivity contribution in [2.45, 2.75) is 0 Å². The number of carbonyl (C=O) groups excluding carboxylic acids is 1. The lowest BCUT2D eigenvalue weighted by Gasteiger charge is -2.33. The highest BCUT2D eigenvalue weighted by atomic mass is 16.2. The van der Waals surface area contributed by atoms with E-state index in [4.69, 9.17) is 0 Å². The Hall–Kier alpha value is -2.90. The molecule has 2 aliphatic heterocycles. The zero-order valence-electron chi connectivity index (χ0n) is 9.74. The average molecular weight is 255 g/mol. The van der Waals surface area contributed by atoms with E-state index < -0.39 is 0 Å². The van der Waals surface area contributed by atoms with Gasteiger partial charge in [0.2, 0.25) is 0 Å². The highest BCUT2D eigenvalue weighted by Crippen LogP contribution is 2.31. The Kier molecular flexibility index (Phi) is 1.88. The maximum atomic E-state index is 12.5. The molecular formula is C11H9N7O. The molecule has 2 aromatic rings. The second-order valence-electron chi connectivity index (χ2n) is 4.17. The van der Waals surface area contributed by atoms with Gasteiger partial charge < -0.3 is 5.32 Å². The molecule has 8 nitrogen and oxygen atoms in total. The fourth-order valence-corrected chi connectivity index (χ4v) is 2.26. The maximum Gasteiger partial charge on any atom is 0.285 e. The number of fused-ring (bicyclic) bond motifs is 2. The first-order chi connectivity index (χ1) is 9.34. The van der Waals surface area contributed by atoms with Crippen molar-refractivity contribution >= 4 is 17.5 Å². The maximum absolute atomic E-state index is 12.5. The molecular weight excluding hydrogens is 246 g/mol. The molecule has 94 valence electrons. The zero-order chi connectivity index (χ0) is 12.8. The minimum absolute atomic E-state index is 0.108. The molecule has 0 unspecified atom stereocenters. The summed E-state index contributed by atoms with van der Waals surface area (Å²) < 4.78 is 0. The highest BCUT2D eigenvalue weighted by molar-refractivity contribution is 6.04. The van der Waals surface area contributed by atoms with Gasteiger partial charge in [-0.1, -0.05) is 17.2 Å². The minimum atomic E-state index is -0.108. The molecule has 2 N–H and O–H groups in total. The Bertz CT molecular complexity index is 678. The van der Waals surface area contributed by atoms with Crippen LogP contribution in [0.2, 0.25) is 0 Å². The number of nitrogens with zero attached hydrogens (tertiary/aromatic N) is 5. The quantitative estimate of drug-likeness (QED) is 0.764. The van der Waals surface area contributed by atoms with Gasteiger partial charge in [0.25, 0.3) is 11.9 Å². The predicted molar refractivity (Wildman–Crippen MR) is 65.8 cm³/mol. The summed E-state index contributed by atoms with van der Waals surface area (Å²) in [7, 11) is 0. The van der Waals surface area contributed by atoms with Gasteiger partial charge in [-0.15, -0.1) is 5.10 Å². The van der Waals surface area contributed by atoms with E-state index >= 15 is 0 Å². The number of tetrazole rings is 1. The molecule has 2 aliphatic rings. The smallest absolute Gasteiger partial charge is 0.285 e. The van der Waals surface area contributed by atoms with Gasteiger partial charge in [-0.25, -0.2) is 5.01 Å². The van der Waals surface area contributed by atoms with Crippen LogP contribution in [0.1, 0.15) is 10.4 Å². The lowest BCUT2D eigenvalue weighted by atomic mass is 10.1. The average Bonchev–Trinajstić information content (AvgIpc) is 3.07. The van der Waals surface area contributed by atoms with Gasteiger partial charge in [0, 0.05) is 0 Å². The summed E-state index contributed by atoms with van der Waals surface area (Å²) in [6.45, 7) is 0.515. The van der Waals surface area contributed by atoms with Gasteiger partial charge in [-0.3, -0.25) is 4.79 Å². The van der Waals surface area contributed by atoms with E-state index in [9.17, 15) is 4.79 Å². The van der Waals surface area contributed by atoms with Crippen LogP contribution in [-0.4, -0.2) is 38.1 Å². The number of aromatic nitrogens is 4. The summed E-state index contributed by atoms with van der Waals surface area (Å²) in [5, 5.41) is 20.1. The van der Waals surface area contributed by atoms with Gasteiger partial charge in [0.15, 0.2) is 0 Å². The molecule has 0 saturated heterocycles. The monoisotopic (exact) mass is 255 g/mol. The van der Waals surface area contributed by atoms with Crippen LogP contribution in [0.25, 0.3) is 0 Å². The number of aromatic amines is 1. The van der Waals surface area contributed by atoms with Gasteiger partial charge >= 0.3 is 0 Å². The van der Waals surface area contributed by atoms with Gasteiger partial charge in [0.05, 0.1) is 17.8 Å². The number of para-hydroxylation sites is 1. The Balaban J connectivity index is 1.78. The molecule has 4 rings (SSSR count). The lowest BCUT2D eigenvalue weighted by Crippen LogP contribution is -2.46. The molecule has 0 fully saturated rings. The summed E-state index contributed by atoms with van der Waals surface area (Å²) >= 11 is 0. The van der Waals surface area contributed by atoms with Crippen molar-refractivity contribution in [2.24, 2.45) is 0 Å². The normalized spacial score (nSPS) is 16.8. The molecule has 0 saturated carbocycles. The number of anilines is 2. The van der Waals surface area contributed by atoms with Crippen molar-refractivity contribution in [3.05, 3.63) is 41.7 Å². The largest absolute Gasteiger partial charge is 0.340 e. The van der Waals surface area contributed by atoms with Crippen LogP contribution >= 0.6 is 0 Å². The van der Waals surface area contributed by atoms with E-state index in [1.807, 2.05) is 24.3 Å². The summed E-state index contributed by atoms with van der Waals surface area (Å²) in [6.07, 6.45) is 1.91. The molecule has 0 atom stereocenters. The Labute approximate surface area is 107 Å². The SMILES string of the molecule is O=C1c2ccccc2NC2=CCN(c3nn[nH]n3)N12. The number of hydrazine groups is 1. The zero-order valence-corrected chi connectivity index (χ0v) is 9.74. The van der Waals surface area contributed by atoms with Crippen molar-refractivity contribution in [3.8, 4) is 0 Å². The first-order valence-electron chi connectivity index (χ1n) is 5.76. The molecule has 1 amide bonds. The Morgan fingerprint density at radius 2 is 2.16 bits per heavy atom. The van der Waals surface area contributed by atoms with E-state index in [-0.39, 0.29) is 5.91 Å². The van der Waals surface area contributed by atoms with E-state index in [1.165, 1.54) is 5.01 Å². The van der Waals surface area contributed by atoms with Gasteiger partial charge in [-0.05, 0) is 23.4 Å². The van der Waals surface area contributed by atoms with Crippen molar-refractivity contribution in [1.82, 2.24) is 25.6 Å².